The molecular formula is C19H19Cl3N2O4S. The van der Waals surface area contributed by atoms with Gasteiger partial charge in [0.2, 0.25) is 15.9 Å². The Kier molecular flexibility index (Phi) is 6.96. The number of rotatable bonds is 5. The lowest BCUT2D eigenvalue weighted by Gasteiger charge is -2.31. The van der Waals surface area contributed by atoms with Gasteiger partial charge in [-0.15, -0.1) is 0 Å². The lowest BCUT2D eigenvalue weighted by Crippen LogP contribution is -2.43. The largest absolute Gasteiger partial charge is 0.495 e. The fourth-order valence-electron chi connectivity index (χ4n) is 3.19. The van der Waals surface area contributed by atoms with Crippen molar-refractivity contribution in [3.8, 4) is 5.75 Å². The number of ether oxygens (including phenoxy) is 1. The first-order valence-electron chi connectivity index (χ1n) is 8.82. The summed E-state index contributed by atoms with van der Waals surface area (Å²) in [5.74, 6) is -0.614. The molecule has 1 fully saturated rings. The van der Waals surface area contributed by atoms with Crippen molar-refractivity contribution in [2.45, 2.75) is 17.7 Å². The van der Waals surface area contributed by atoms with Crippen LogP contribution >= 0.6 is 34.8 Å². The Hall–Kier alpha value is -1.51. The third kappa shape index (κ3) is 4.98. The maximum atomic E-state index is 13.2. The third-order valence-corrected chi connectivity index (χ3v) is 7.36. The summed E-state index contributed by atoms with van der Waals surface area (Å²) in [5, 5.41) is 3.81. The summed E-state index contributed by atoms with van der Waals surface area (Å²) < 4.78 is 32.8. The molecule has 1 saturated heterocycles. The van der Waals surface area contributed by atoms with E-state index >= 15 is 0 Å². The van der Waals surface area contributed by atoms with E-state index in [2.05, 4.69) is 5.32 Å². The average molecular weight is 478 g/mol. The smallest absolute Gasteiger partial charge is 0.246 e. The van der Waals surface area contributed by atoms with E-state index in [0.29, 0.717) is 35.1 Å². The molecule has 0 spiro atoms. The van der Waals surface area contributed by atoms with E-state index in [1.165, 1.54) is 29.6 Å². The van der Waals surface area contributed by atoms with Crippen LogP contribution in [-0.4, -0.2) is 38.8 Å². The average Bonchev–Trinajstić information content (AvgIpc) is 2.70. The number of sulfonamides is 1. The molecule has 0 bridgehead atoms. The number of hydrogen-bond donors (Lipinski definition) is 1. The number of halogens is 3. The lowest BCUT2D eigenvalue weighted by atomic mass is 9.99. The summed E-state index contributed by atoms with van der Waals surface area (Å²) >= 11 is 18.0. The van der Waals surface area contributed by atoms with Crippen LogP contribution in [-0.2, 0) is 14.8 Å². The van der Waals surface area contributed by atoms with Crippen LogP contribution < -0.4 is 10.1 Å². The number of nitrogens with one attached hydrogen (secondary N) is 1. The molecule has 6 nitrogen and oxygen atoms in total. The Balaban J connectivity index is 1.79. The molecule has 0 radical (unpaired) electrons. The maximum Gasteiger partial charge on any atom is 0.246 e. The van der Waals surface area contributed by atoms with Gasteiger partial charge in [0.25, 0.3) is 0 Å². The third-order valence-electron chi connectivity index (χ3n) is 4.69. The second kappa shape index (κ2) is 9.10. The second-order valence-electron chi connectivity index (χ2n) is 6.61. The van der Waals surface area contributed by atoms with E-state index in [9.17, 15) is 13.2 Å². The van der Waals surface area contributed by atoms with Crippen LogP contribution in [0, 0.1) is 5.92 Å². The summed E-state index contributed by atoms with van der Waals surface area (Å²) in [7, 11) is -2.49. The maximum absolute atomic E-state index is 13.2. The van der Waals surface area contributed by atoms with Crippen LogP contribution in [0.2, 0.25) is 15.1 Å². The molecule has 1 aliphatic heterocycles. The molecule has 156 valence electrons. The molecule has 2 aromatic carbocycles. The van der Waals surface area contributed by atoms with Gasteiger partial charge in [0.05, 0.1) is 23.7 Å². The van der Waals surface area contributed by atoms with Crippen molar-refractivity contribution in [3.05, 3.63) is 51.5 Å². The Morgan fingerprint density at radius 3 is 2.52 bits per heavy atom. The summed E-state index contributed by atoms with van der Waals surface area (Å²) in [5.41, 5.74) is 0.428. The van der Waals surface area contributed by atoms with Gasteiger partial charge in [0.15, 0.2) is 0 Å². The van der Waals surface area contributed by atoms with Gasteiger partial charge >= 0.3 is 0 Å². The number of benzene rings is 2. The highest BCUT2D eigenvalue weighted by molar-refractivity contribution is 7.89. The fourth-order valence-corrected chi connectivity index (χ4v) is 5.59. The lowest BCUT2D eigenvalue weighted by molar-refractivity contribution is -0.120. The van der Waals surface area contributed by atoms with Gasteiger partial charge in [0, 0.05) is 23.1 Å². The number of methoxy groups -OCH3 is 1. The highest BCUT2D eigenvalue weighted by Gasteiger charge is 2.35. The van der Waals surface area contributed by atoms with E-state index in [0.717, 1.165) is 0 Å². The van der Waals surface area contributed by atoms with E-state index in [-0.39, 0.29) is 28.1 Å². The number of carbonyl (C=O) groups excluding carboxylic acids is 1. The highest BCUT2D eigenvalue weighted by atomic mass is 35.5. The predicted molar refractivity (Wildman–Crippen MR) is 115 cm³/mol. The molecule has 1 atom stereocenters. The molecule has 1 amide bonds. The van der Waals surface area contributed by atoms with Gasteiger partial charge in [0.1, 0.15) is 10.6 Å². The van der Waals surface area contributed by atoms with Crippen LogP contribution in [0.4, 0.5) is 5.69 Å². The van der Waals surface area contributed by atoms with Crippen LogP contribution in [0.3, 0.4) is 0 Å². The number of carbonyl (C=O) groups is 1. The summed E-state index contributed by atoms with van der Waals surface area (Å²) in [6, 6.07) is 9.17. The fraction of sp³-hybridized carbons (Fsp3) is 0.316. The van der Waals surface area contributed by atoms with E-state index in [1.54, 1.807) is 18.2 Å². The van der Waals surface area contributed by atoms with Gasteiger partial charge in [-0.3, -0.25) is 4.79 Å². The minimum absolute atomic E-state index is 0.0192. The molecule has 0 aliphatic carbocycles. The van der Waals surface area contributed by atoms with E-state index in [1.807, 2.05) is 0 Å². The van der Waals surface area contributed by atoms with Crippen molar-refractivity contribution in [2.75, 3.05) is 25.5 Å². The van der Waals surface area contributed by atoms with E-state index < -0.39 is 15.9 Å². The summed E-state index contributed by atoms with van der Waals surface area (Å²) in [6.07, 6.45) is 1.12. The van der Waals surface area contributed by atoms with E-state index in [4.69, 9.17) is 39.5 Å². The van der Waals surface area contributed by atoms with Gasteiger partial charge in [-0.05, 0) is 49.2 Å². The summed E-state index contributed by atoms with van der Waals surface area (Å²) in [6.45, 7) is 0.360. The minimum Gasteiger partial charge on any atom is -0.495 e. The zero-order valence-corrected chi connectivity index (χ0v) is 18.6. The SMILES string of the molecule is COc1ccc(Cl)cc1S(=O)(=O)N1CCC[C@H](C(=O)Nc2ccc(Cl)cc2Cl)C1. The standard InChI is InChI=1S/C19H19Cl3N2O4S/c1-28-17-7-5-14(21)10-18(17)29(26,27)24-8-2-3-12(11-24)19(25)23-16-6-4-13(20)9-15(16)22/h4-7,9-10,12H,2-3,8,11H2,1H3,(H,23,25)/t12-/m0/s1. The molecule has 2 aromatic rings. The highest BCUT2D eigenvalue weighted by Crippen LogP contribution is 2.32. The van der Waals surface area contributed by atoms with Gasteiger partial charge in [-0.1, -0.05) is 34.8 Å². The minimum atomic E-state index is -3.88. The van der Waals surface area contributed by atoms with Crippen molar-refractivity contribution in [2.24, 2.45) is 5.92 Å². The number of piperidine rings is 1. The molecule has 0 saturated carbocycles. The number of nitrogens with zero attached hydrogens (tertiary/aromatic N) is 1. The molecule has 1 N–H and O–H groups in total. The molecule has 10 heteroatoms. The Morgan fingerprint density at radius 2 is 1.83 bits per heavy atom. The molecule has 0 unspecified atom stereocenters. The van der Waals surface area contributed by atoms with Gasteiger partial charge < -0.3 is 10.1 Å². The first-order chi connectivity index (χ1) is 13.7. The molecular weight excluding hydrogens is 459 g/mol. The first-order valence-corrected chi connectivity index (χ1v) is 11.4. The van der Waals surface area contributed by atoms with Crippen molar-refractivity contribution in [1.29, 1.82) is 0 Å². The predicted octanol–water partition coefficient (Wildman–Crippen LogP) is 4.69. The first kappa shape index (κ1) is 22.2. The van der Waals surface area contributed by atoms with Crippen LogP contribution in [0.15, 0.2) is 41.3 Å². The van der Waals surface area contributed by atoms with Crippen molar-refractivity contribution in [1.82, 2.24) is 4.31 Å². The van der Waals surface area contributed by atoms with Crippen molar-refractivity contribution >= 4 is 56.4 Å². The number of anilines is 1. The number of hydrogen-bond acceptors (Lipinski definition) is 4. The Labute approximate surface area is 184 Å². The number of amides is 1. The Bertz CT molecular complexity index is 1030. The molecule has 3 rings (SSSR count). The molecule has 1 heterocycles. The molecule has 1 aliphatic rings. The molecule has 29 heavy (non-hydrogen) atoms. The topological polar surface area (TPSA) is 75.7 Å². The quantitative estimate of drug-likeness (QED) is 0.677. The second-order valence-corrected chi connectivity index (χ2v) is 9.80. The van der Waals surface area contributed by atoms with Crippen molar-refractivity contribution in [3.63, 3.8) is 0 Å². The Morgan fingerprint density at radius 1 is 1.14 bits per heavy atom. The monoisotopic (exact) mass is 476 g/mol. The van der Waals surface area contributed by atoms with Gasteiger partial charge in [-0.2, -0.15) is 4.31 Å². The zero-order valence-electron chi connectivity index (χ0n) is 15.5. The van der Waals surface area contributed by atoms with Crippen LogP contribution in [0.1, 0.15) is 12.8 Å². The summed E-state index contributed by atoms with van der Waals surface area (Å²) in [4.78, 5) is 12.7. The normalized spacial score (nSPS) is 17.7. The van der Waals surface area contributed by atoms with Crippen molar-refractivity contribution < 1.29 is 17.9 Å². The van der Waals surface area contributed by atoms with Crippen LogP contribution in [0.25, 0.3) is 0 Å². The molecule has 0 aromatic heterocycles. The van der Waals surface area contributed by atoms with Gasteiger partial charge in [-0.25, -0.2) is 8.42 Å². The zero-order chi connectivity index (χ0) is 21.2. The van der Waals surface area contributed by atoms with Crippen LogP contribution in [0.5, 0.6) is 5.75 Å².